The van der Waals surface area contributed by atoms with Gasteiger partial charge < -0.3 is 19.1 Å². The Hall–Kier alpha value is -2.95. The van der Waals surface area contributed by atoms with Gasteiger partial charge in [0, 0.05) is 12.7 Å². The summed E-state index contributed by atoms with van der Waals surface area (Å²) >= 11 is 0. The van der Waals surface area contributed by atoms with Gasteiger partial charge in [-0.1, -0.05) is 51.7 Å². The third-order valence-corrected chi connectivity index (χ3v) is 5.63. The molecule has 3 rings (SSSR count). The fraction of sp³-hybridized carbons (Fsp3) is 0.444. The zero-order valence-electron chi connectivity index (χ0n) is 19.3. The monoisotopic (exact) mass is 437 g/mol. The number of benzene rings is 2. The number of aryl methyl sites for hydroxylation is 2. The maximum Gasteiger partial charge on any atom is 0.258 e. The summed E-state index contributed by atoms with van der Waals surface area (Å²) in [7, 11) is 0. The number of unbranched alkanes of at least 4 members (excludes halogenated alkanes) is 4. The molecule has 0 aliphatic rings. The molecule has 0 saturated carbocycles. The van der Waals surface area contributed by atoms with Crippen LogP contribution in [-0.2, 0) is 13.0 Å². The number of phenols is 1. The van der Waals surface area contributed by atoms with Gasteiger partial charge in [0.25, 0.3) is 5.56 Å². The first kappa shape index (κ1) is 23.7. The Labute approximate surface area is 190 Å². The molecule has 5 nitrogen and oxygen atoms in total. The van der Waals surface area contributed by atoms with Crippen molar-refractivity contribution in [3.05, 3.63) is 64.6 Å². The second-order valence-electron chi connectivity index (χ2n) is 8.23. The molecular formula is C27H35NO4. The maximum absolute atomic E-state index is 13.2. The number of aromatic nitrogens is 1. The Bertz CT molecular complexity index is 1040. The molecule has 172 valence electrons. The van der Waals surface area contributed by atoms with Crippen molar-refractivity contribution >= 4 is 10.8 Å². The number of ether oxygens (including phenoxy) is 2. The first-order valence-electron chi connectivity index (χ1n) is 11.8. The van der Waals surface area contributed by atoms with E-state index in [4.69, 9.17) is 9.47 Å². The van der Waals surface area contributed by atoms with E-state index in [2.05, 4.69) is 13.8 Å². The van der Waals surface area contributed by atoms with Crippen LogP contribution in [0.3, 0.4) is 0 Å². The van der Waals surface area contributed by atoms with Crippen molar-refractivity contribution in [1.82, 2.24) is 4.57 Å². The Morgan fingerprint density at radius 1 is 0.844 bits per heavy atom. The Morgan fingerprint density at radius 3 is 2.09 bits per heavy atom. The zero-order valence-corrected chi connectivity index (χ0v) is 19.3. The number of pyridine rings is 1. The molecule has 0 saturated heterocycles. The van der Waals surface area contributed by atoms with E-state index in [1.54, 1.807) is 16.7 Å². The quantitative estimate of drug-likeness (QED) is 0.329. The second-order valence-corrected chi connectivity index (χ2v) is 8.23. The standard InChI is InChI=1S/C27H35NO4/c1-3-5-7-17-31-25-19-22-14-16-28(15-13-21-9-11-23(29)12-10-21)27(30)24(22)20-26(25)32-18-8-6-4-2/h9-12,14,16,19-20,29H,3-8,13,15,17-18H2,1-2H3. The molecule has 0 aliphatic carbocycles. The highest BCUT2D eigenvalue weighted by atomic mass is 16.5. The van der Waals surface area contributed by atoms with Gasteiger partial charge in [-0.3, -0.25) is 4.79 Å². The van der Waals surface area contributed by atoms with E-state index < -0.39 is 0 Å². The lowest BCUT2D eigenvalue weighted by Gasteiger charge is -2.15. The molecule has 2 aromatic carbocycles. The summed E-state index contributed by atoms with van der Waals surface area (Å²) in [5, 5.41) is 11.0. The summed E-state index contributed by atoms with van der Waals surface area (Å²) in [4.78, 5) is 13.2. The molecule has 5 heteroatoms. The van der Waals surface area contributed by atoms with Crippen LogP contribution in [0.1, 0.15) is 57.9 Å². The molecule has 0 radical (unpaired) electrons. The Kier molecular flexibility index (Phi) is 9.02. The highest BCUT2D eigenvalue weighted by Crippen LogP contribution is 2.32. The number of nitrogens with zero attached hydrogens (tertiary/aromatic N) is 1. The molecule has 0 unspecified atom stereocenters. The fourth-order valence-corrected chi connectivity index (χ4v) is 3.67. The first-order chi connectivity index (χ1) is 15.6. The normalized spacial score (nSPS) is 11.1. The van der Waals surface area contributed by atoms with Gasteiger partial charge in [0.2, 0.25) is 0 Å². The number of hydrogen-bond acceptors (Lipinski definition) is 4. The summed E-state index contributed by atoms with van der Waals surface area (Å²) in [5.74, 6) is 1.61. The minimum absolute atomic E-state index is 0.0304. The Balaban J connectivity index is 1.82. The smallest absolute Gasteiger partial charge is 0.258 e. The van der Waals surface area contributed by atoms with Crippen molar-refractivity contribution in [2.75, 3.05) is 13.2 Å². The number of aromatic hydroxyl groups is 1. The molecule has 0 aliphatic heterocycles. The van der Waals surface area contributed by atoms with Crippen molar-refractivity contribution in [3.63, 3.8) is 0 Å². The third-order valence-electron chi connectivity index (χ3n) is 5.63. The van der Waals surface area contributed by atoms with Gasteiger partial charge in [-0.2, -0.15) is 0 Å². The highest BCUT2D eigenvalue weighted by Gasteiger charge is 2.12. The van der Waals surface area contributed by atoms with Crippen LogP contribution in [0, 0.1) is 0 Å². The van der Waals surface area contributed by atoms with Crippen molar-refractivity contribution in [3.8, 4) is 17.2 Å². The van der Waals surface area contributed by atoms with E-state index in [9.17, 15) is 9.90 Å². The van der Waals surface area contributed by atoms with E-state index in [0.717, 1.165) is 49.5 Å². The van der Waals surface area contributed by atoms with Gasteiger partial charge in [0.1, 0.15) is 5.75 Å². The average Bonchev–Trinajstić information content (AvgIpc) is 2.80. The third kappa shape index (κ3) is 6.52. The fourth-order valence-electron chi connectivity index (χ4n) is 3.67. The summed E-state index contributed by atoms with van der Waals surface area (Å²) in [6.45, 7) is 6.17. The van der Waals surface area contributed by atoms with Crippen LogP contribution in [0.2, 0.25) is 0 Å². The number of hydrogen-bond donors (Lipinski definition) is 1. The number of rotatable bonds is 13. The van der Waals surface area contributed by atoms with E-state index in [1.807, 2.05) is 36.5 Å². The van der Waals surface area contributed by atoms with Crippen LogP contribution in [-0.4, -0.2) is 22.9 Å². The van der Waals surface area contributed by atoms with Gasteiger partial charge in [-0.15, -0.1) is 0 Å². The lowest BCUT2D eigenvalue weighted by Crippen LogP contribution is -2.20. The summed E-state index contributed by atoms with van der Waals surface area (Å²) < 4.78 is 13.8. The predicted octanol–water partition coefficient (Wildman–Crippen LogP) is 6.09. The van der Waals surface area contributed by atoms with Crippen LogP contribution in [0.15, 0.2) is 53.5 Å². The molecule has 0 fully saturated rings. The number of fused-ring (bicyclic) bond motifs is 1. The molecule has 1 heterocycles. The van der Waals surface area contributed by atoms with Crippen LogP contribution >= 0.6 is 0 Å². The van der Waals surface area contributed by atoms with Crippen LogP contribution in [0.25, 0.3) is 10.8 Å². The number of phenolic OH excluding ortho intramolecular Hbond substituents is 1. The minimum atomic E-state index is -0.0304. The van der Waals surface area contributed by atoms with Crippen LogP contribution < -0.4 is 15.0 Å². The zero-order chi connectivity index (χ0) is 22.8. The van der Waals surface area contributed by atoms with Gasteiger partial charge in [-0.05, 0) is 60.5 Å². The van der Waals surface area contributed by atoms with Gasteiger partial charge in [0.05, 0.1) is 18.6 Å². The molecule has 32 heavy (non-hydrogen) atoms. The highest BCUT2D eigenvalue weighted by molar-refractivity contribution is 5.85. The van der Waals surface area contributed by atoms with E-state index in [-0.39, 0.29) is 11.3 Å². The van der Waals surface area contributed by atoms with E-state index in [0.29, 0.717) is 43.1 Å². The van der Waals surface area contributed by atoms with E-state index >= 15 is 0 Å². The van der Waals surface area contributed by atoms with Crippen LogP contribution in [0.4, 0.5) is 0 Å². The summed E-state index contributed by atoms with van der Waals surface area (Å²) in [6.07, 6.45) is 9.06. The molecule has 1 N–H and O–H groups in total. The van der Waals surface area contributed by atoms with Crippen LogP contribution in [0.5, 0.6) is 17.2 Å². The molecule has 3 aromatic rings. The van der Waals surface area contributed by atoms with Crippen molar-refractivity contribution in [1.29, 1.82) is 0 Å². The molecule has 0 amide bonds. The first-order valence-corrected chi connectivity index (χ1v) is 11.8. The molecular weight excluding hydrogens is 402 g/mol. The largest absolute Gasteiger partial charge is 0.508 e. The maximum atomic E-state index is 13.2. The lowest BCUT2D eigenvalue weighted by molar-refractivity contribution is 0.260. The summed E-state index contributed by atoms with van der Waals surface area (Å²) in [5.41, 5.74) is 1.04. The molecule has 1 aromatic heterocycles. The molecule has 0 bridgehead atoms. The van der Waals surface area contributed by atoms with Gasteiger partial charge >= 0.3 is 0 Å². The topological polar surface area (TPSA) is 60.7 Å². The molecule has 0 atom stereocenters. The second kappa shape index (κ2) is 12.2. The Morgan fingerprint density at radius 2 is 1.47 bits per heavy atom. The average molecular weight is 438 g/mol. The molecule has 0 spiro atoms. The van der Waals surface area contributed by atoms with Crippen molar-refractivity contribution in [2.24, 2.45) is 0 Å². The predicted molar refractivity (Wildman–Crippen MR) is 130 cm³/mol. The van der Waals surface area contributed by atoms with Crippen molar-refractivity contribution < 1.29 is 14.6 Å². The van der Waals surface area contributed by atoms with Crippen molar-refractivity contribution in [2.45, 2.75) is 65.3 Å². The van der Waals surface area contributed by atoms with E-state index in [1.165, 1.54) is 0 Å². The minimum Gasteiger partial charge on any atom is -0.508 e. The summed E-state index contributed by atoms with van der Waals surface area (Å²) in [6, 6.07) is 12.8. The SMILES string of the molecule is CCCCCOc1cc2ccn(CCc3ccc(O)cc3)c(=O)c2cc1OCCCCC. The lowest BCUT2D eigenvalue weighted by atomic mass is 10.1. The van der Waals surface area contributed by atoms with Gasteiger partial charge in [0.15, 0.2) is 11.5 Å². The van der Waals surface area contributed by atoms with Gasteiger partial charge in [-0.25, -0.2) is 0 Å².